The number of anilines is 2. The fourth-order valence-corrected chi connectivity index (χ4v) is 1.90. The van der Waals surface area contributed by atoms with Crippen molar-refractivity contribution in [2.45, 2.75) is 0 Å². The molecule has 0 bridgehead atoms. The van der Waals surface area contributed by atoms with Gasteiger partial charge in [0.25, 0.3) is 5.69 Å². The number of rotatable bonds is 6. The van der Waals surface area contributed by atoms with E-state index in [1.807, 2.05) is 35.2 Å². The summed E-state index contributed by atoms with van der Waals surface area (Å²) in [5.74, 6) is 0. The summed E-state index contributed by atoms with van der Waals surface area (Å²) in [4.78, 5) is 11.6. The zero-order chi connectivity index (χ0) is 17.1. The summed E-state index contributed by atoms with van der Waals surface area (Å²) >= 11 is 0. The van der Waals surface area contributed by atoms with E-state index in [1.54, 1.807) is 12.1 Å². The number of nitro benzene ring substituents is 1. The Hall–Kier alpha value is -2.64. The van der Waals surface area contributed by atoms with E-state index in [1.165, 1.54) is 12.1 Å². The second-order valence-corrected chi connectivity index (χ2v) is 4.59. The Morgan fingerprint density at radius 3 is 1.91 bits per heavy atom. The van der Waals surface area contributed by atoms with E-state index in [4.69, 9.17) is 15.9 Å². The van der Waals surface area contributed by atoms with Crippen LogP contribution in [0.15, 0.2) is 54.6 Å². The molecule has 2 aromatic rings. The average Bonchev–Trinajstić information content (AvgIpc) is 2.56. The smallest absolute Gasteiger partial charge is 0.292 e. The predicted octanol–water partition coefficient (Wildman–Crippen LogP) is 1.65. The summed E-state index contributed by atoms with van der Waals surface area (Å²) in [5.41, 5.74) is 6.47. The lowest BCUT2D eigenvalue weighted by atomic mass is 10.3. The number of aliphatic hydroxyl groups is 2. The topological polar surface area (TPSA) is 113 Å². The van der Waals surface area contributed by atoms with Crippen molar-refractivity contribution in [1.82, 2.24) is 0 Å². The van der Waals surface area contributed by atoms with Gasteiger partial charge in [-0.2, -0.15) is 0 Å². The lowest BCUT2D eigenvalue weighted by molar-refractivity contribution is -0.383. The highest BCUT2D eigenvalue weighted by molar-refractivity contribution is 5.57. The highest BCUT2D eigenvalue weighted by atomic mass is 16.6. The number of benzene rings is 2. The third-order valence-corrected chi connectivity index (χ3v) is 2.99. The van der Waals surface area contributed by atoms with Crippen LogP contribution in [0.25, 0.3) is 0 Å². The van der Waals surface area contributed by atoms with Crippen LogP contribution in [0.1, 0.15) is 0 Å². The first-order valence-corrected chi connectivity index (χ1v) is 7.10. The summed E-state index contributed by atoms with van der Waals surface area (Å²) in [6.07, 6.45) is 0. The number of nitrogen functional groups attached to an aromatic ring is 1. The molecule has 0 amide bonds. The molecule has 0 atom stereocenters. The number of hydrogen-bond acceptors (Lipinski definition) is 6. The third-order valence-electron chi connectivity index (χ3n) is 2.99. The maximum absolute atomic E-state index is 10.1. The lowest BCUT2D eigenvalue weighted by Crippen LogP contribution is -2.29. The Labute approximate surface area is 134 Å². The molecule has 7 heteroatoms. The second-order valence-electron chi connectivity index (χ2n) is 4.59. The monoisotopic (exact) mass is 319 g/mol. The average molecular weight is 319 g/mol. The van der Waals surface area contributed by atoms with Gasteiger partial charge < -0.3 is 20.8 Å². The fraction of sp³-hybridized carbons (Fsp3) is 0.250. The molecule has 2 rings (SSSR count). The number of nitrogens with zero attached hydrogens (tertiary/aromatic N) is 2. The van der Waals surface area contributed by atoms with E-state index >= 15 is 0 Å². The van der Waals surface area contributed by atoms with Gasteiger partial charge >= 0.3 is 0 Å². The van der Waals surface area contributed by atoms with Crippen molar-refractivity contribution in [3.8, 4) is 0 Å². The van der Waals surface area contributed by atoms with E-state index in [9.17, 15) is 10.1 Å². The van der Waals surface area contributed by atoms with Crippen molar-refractivity contribution < 1.29 is 15.1 Å². The van der Waals surface area contributed by atoms with Crippen molar-refractivity contribution in [1.29, 1.82) is 0 Å². The van der Waals surface area contributed by atoms with E-state index in [0.717, 1.165) is 5.69 Å². The first kappa shape index (κ1) is 18.4. The van der Waals surface area contributed by atoms with E-state index in [0.29, 0.717) is 13.1 Å². The lowest BCUT2D eigenvalue weighted by Gasteiger charge is -2.22. The normalized spacial score (nSPS) is 9.65. The zero-order valence-electron chi connectivity index (χ0n) is 12.7. The minimum Gasteiger partial charge on any atom is -0.395 e. The van der Waals surface area contributed by atoms with Crippen LogP contribution in [-0.2, 0) is 0 Å². The van der Waals surface area contributed by atoms with Crippen LogP contribution in [0.5, 0.6) is 0 Å². The van der Waals surface area contributed by atoms with Gasteiger partial charge in [0.2, 0.25) is 0 Å². The van der Waals surface area contributed by atoms with Gasteiger partial charge in [0.15, 0.2) is 0 Å². The Morgan fingerprint density at radius 1 is 0.957 bits per heavy atom. The van der Waals surface area contributed by atoms with Gasteiger partial charge in [0.05, 0.1) is 18.1 Å². The van der Waals surface area contributed by atoms with E-state index in [-0.39, 0.29) is 24.6 Å². The minimum absolute atomic E-state index is 0.0394. The predicted molar refractivity (Wildman–Crippen MR) is 90.3 cm³/mol. The molecule has 0 aliphatic rings. The summed E-state index contributed by atoms with van der Waals surface area (Å²) in [5, 5.41) is 27.7. The molecule has 124 valence electrons. The number of aliphatic hydroxyl groups excluding tert-OH is 2. The van der Waals surface area contributed by atoms with Crippen LogP contribution in [0, 0.1) is 10.1 Å². The van der Waals surface area contributed by atoms with Gasteiger partial charge in [-0.25, -0.2) is 0 Å². The van der Waals surface area contributed by atoms with Crippen LogP contribution in [0.3, 0.4) is 0 Å². The molecular weight excluding hydrogens is 298 g/mol. The van der Waals surface area contributed by atoms with Crippen LogP contribution in [0.4, 0.5) is 17.1 Å². The number of para-hydroxylation sites is 3. The van der Waals surface area contributed by atoms with Crippen LogP contribution >= 0.6 is 0 Å². The highest BCUT2D eigenvalue weighted by Gasteiger charge is 2.07. The first-order chi connectivity index (χ1) is 11.1. The fourth-order valence-electron chi connectivity index (χ4n) is 1.90. The van der Waals surface area contributed by atoms with Crippen LogP contribution in [0.2, 0.25) is 0 Å². The molecule has 0 spiro atoms. The largest absolute Gasteiger partial charge is 0.395 e. The van der Waals surface area contributed by atoms with E-state index < -0.39 is 4.92 Å². The third kappa shape index (κ3) is 6.33. The molecule has 0 aromatic heterocycles. The van der Waals surface area contributed by atoms with E-state index in [2.05, 4.69) is 0 Å². The molecule has 4 N–H and O–H groups in total. The van der Waals surface area contributed by atoms with Gasteiger partial charge in [-0.05, 0) is 18.2 Å². The summed E-state index contributed by atoms with van der Waals surface area (Å²) in [6, 6.07) is 15.9. The van der Waals surface area contributed by atoms with Gasteiger partial charge in [-0.1, -0.05) is 30.3 Å². The Balaban J connectivity index is 0.000000238. The minimum atomic E-state index is -0.505. The SMILES string of the molecule is Nc1ccccc1[N+](=O)[O-].OCCN(CCO)c1ccccc1. The number of nitrogens with two attached hydrogens (primary N) is 1. The van der Waals surface area contributed by atoms with Gasteiger partial charge in [-0.15, -0.1) is 0 Å². The Morgan fingerprint density at radius 2 is 1.48 bits per heavy atom. The first-order valence-electron chi connectivity index (χ1n) is 7.10. The zero-order valence-corrected chi connectivity index (χ0v) is 12.7. The van der Waals surface area contributed by atoms with Crippen molar-refractivity contribution in [3.63, 3.8) is 0 Å². The number of nitro groups is 1. The second kappa shape index (κ2) is 10.1. The maximum atomic E-state index is 10.1. The standard InChI is InChI=1S/C10H15NO2.C6H6N2O2/c12-8-6-11(7-9-13)10-4-2-1-3-5-10;7-5-3-1-2-4-6(5)8(9)10/h1-5,12-13H,6-9H2;1-4H,7H2. The molecular formula is C16H21N3O4. The maximum Gasteiger partial charge on any atom is 0.292 e. The van der Waals surface area contributed by atoms with Gasteiger partial charge in [0.1, 0.15) is 5.69 Å². The van der Waals surface area contributed by atoms with Crippen LogP contribution in [-0.4, -0.2) is 41.4 Å². The molecule has 0 saturated carbocycles. The molecule has 0 fully saturated rings. The molecule has 2 aromatic carbocycles. The molecule has 0 radical (unpaired) electrons. The molecule has 0 heterocycles. The number of hydrogen-bond donors (Lipinski definition) is 3. The Kier molecular flexibility index (Phi) is 8.12. The van der Waals surface area contributed by atoms with Crippen molar-refractivity contribution >= 4 is 17.1 Å². The quantitative estimate of drug-likeness (QED) is 0.424. The van der Waals surface area contributed by atoms with Gasteiger partial charge in [0, 0.05) is 24.8 Å². The Bertz CT molecular complexity index is 587. The molecule has 0 aliphatic heterocycles. The van der Waals surface area contributed by atoms with Gasteiger partial charge in [-0.3, -0.25) is 10.1 Å². The van der Waals surface area contributed by atoms with Crippen molar-refractivity contribution in [2.24, 2.45) is 0 Å². The summed E-state index contributed by atoms with van der Waals surface area (Å²) < 4.78 is 0. The molecule has 0 aliphatic carbocycles. The van der Waals surface area contributed by atoms with Crippen molar-refractivity contribution in [3.05, 3.63) is 64.7 Å². The molecule has 0 saturated heterocycles. The highest BCUT2D eigenvalue weighted by Crippen LogP contribution is 2.18. The molecule has 7 nitrogen and oxygen atoms in total. The summed E-state index contributed by atoms with van der Waals surface area (Å²) in [7, 11) is 0. The summed E-state index contributed by atoms with van der Waals surface area (Å²) in [6.45, 7) is 1.33. The molecule has 23 heavy (non-hydrogen) atoms. The van der Waals surface area contributed by atoms with Crippen LogP contribution < -0.4 is 10.6 Å². The van der Waals surface area contributed by atoms with Crippen molar-refractivity contribution in [2.75, 3.05) is 36.9 Å². The molecule has 0 unspecified atom stereocenters.